The average molecular weight is 453 g/mol. The van der Waals surface area contributed by atoms with Crippen molar-refractivity contribution in [2.75, 3.05) is 31.1 Å². The van der Waals surface area contributed by atoms with Crippen LogP contribution in [-0.2, 0) is 29.0 Å². The first kappa shape index (κ1) is 24.3. The molecule has 0 aliphatic carbocycles. The molecule has 176 valence electrons. The molecular formula is C26H32N2O5. The Labute approximate surface area is 194 Å². The SMILES string of the molecule is Cc1ccc(C)c(CN2CCOc3cc4c(c(C)c32)CCNCC4)c1.O=C(O)/C=C/C(=O)O. The van der Waals surface area contributed by atoms with Crippen molar-refractivity contribution in [1.82, 2.24) is 5.32 Å². The Morgan fingerprint density at radius 1 is 1.06 bits per heavy atom. The standard InChI is InChI=1S/C22H28N2O.C4H4O4/c1-15-4-5-16(2)19(12-15)14-24-10-11-25-21-13-18-6-8-23-9-7-20(18)17(3)22(21)24;5-3(6)1-2-4(7)8/h4-5,12-13,23H,6-11,14H2,1-3H3;1-2H,(H,5,6)(H,7,8)/b;2-1+. The second-order valence-corrected chi connectivity index (χ2v) is 8.45. The minimum absolute atomic E-state index is 0.558. The molecule has 0 saturated carbocycles. The molecule has 0 amide bonds. The number of fused-ring (bicyclic) bond motifs is 2. The molecule has 2 heterocycles. The lowest BCUT2D eigenvalue weighted by atomic mass is 9.94. The van der Waals surface area contributed by atoms with Gasteiger partial charge >= 0.3 is 11.9 Å². The fraction of sp³-hybridized carbons (Fsp3) is 0.385. The van der Waals surface area contributed by atoms with Crippen molar-refractivity contribution in [2.24, 2.45) is 0 Å². The number of carboxylic acids is 2. The molecule has 2 aliphatic heterocycles. The maximum atomic E-state index is 9.55. The highest BCUT2D eigenvalue weighted by molar-refractivity contribution is 5.89. The summed E-state index contributed by atoms with van der Waals surface area (Å²) in [5.41, 5.74) is 9.85. The van der Waals surface area contributed by atoms with E-state index in [-0.39, 0.29) is 0 Å². The second-order valence-electron chi connectivity index (χ2n) is 8.45. The summed E-state index contributed by atoms with van der Waals surface area (Å²) in [5, 5.41) is 19.1. The molecule has 2 aliphatic rings. The van der Waals surface area contributed by atoms with Gasteiger partial charge in [0.2, 0.25) is 0 Å². The first-order valence-corrected chi connectivity index (χ1v) is 11.2. The first-order chi connectivity index (χ1) is 15.8. The third-order valence-electron chi connectivity index (χ3n) is 6.03. The summed E-state index contributed by atoms with van der Waals surface area (Å²) in [7, 11) is 0. The van der Waals surface area contributed by atoms with E-state index >= 15 is 0 Å². The number of ether oxygens (including phenoxy) is 1. The van der Waals surface area contributed by atoms with Gasteiger partial charge in [-0.25, -0.2) is 9.59 Å². The van der Waals surface area contributed by atoms with Crippen LogP contribution in [-0.4, -0.2) is 48.4 Å². The zero-order chi connectivity index (χ0) is 24.0. The summed E-state index contributed by atoms with van der Waals surface area (Å²) >= 11 is 0. The van der Waals surface area contributed by atoms with Crippen LogP contribution in [0.25, 0.3) is 0 Å². The van der Waals surface area contributed by atoms with Gasteiger partial charge in [-0.2, -0.15) is 0 Å². The van der Waals surface area contributed by atoms with Gasteiger partial charge in [0.05, 0.1) is 12.2 Å². The Morgan fingerprint density at radius 2 is 1.76 bits per heavy atom. The van der Waals surface area contributed by atoms with Crippen LogP contribution in [0, 0.1) is 20.8 Å². The number of hydrogen-bond donors (Lipinski definition) is 3. The van der Waals surface area contributed by atoms with E-state index in [4.69, 9.17) is 14.9 Å². The largest absolute Gasteiger partial charge is 0.490 e. The molecule has 0 atom stereocenters. The zero-order valence-corrected chi connectivity index (χ0v) is 19.5. The van der Waals surface area contributed by atoms with Crippen LogP contribution in [0.15, 0.2) is 36.4 Å². The van der Waals surface area contributed by atoms with E-state index in [0.29, 0.717) is 12.2 Å². The summed E-state index contributed by atoms with van der Waals surface area (Å²) in [6.45, 7) is 11.5. The van der Waals surface area contributed by atoms with Gasteiger partial charge in [-0.3, -0.25) is 0 Å². The van der Waals surface area contributed by atoms with Crippen LogP contribution in [0.4, 0.5) is 5.69 Å². The number of carboxylic acid groups (broad SMARTS) is 2. The molecule has 0 saturated heterocycles. The van der Waals surface area contributed by atoms with E-state index in [0.717, 1.165) is 51.4 Å². The number of aliphatic carboxylic acids is 2. The minimum Gasteiger partial charge on any atom is -0.490 e. The molecule has 0 fully saturated rings. The summed E-state index contributed by atoms with van der Waals surface area (Å²) in [6.07, 6.45) is 3.33. The van der Waals surface area contributed by atoms with E-state index in [2.05, 4.69) is 55.3 Å². The molecule has 0 aromatic heterocycles. The first-order valence-electron chi connectivity index (χ1n) is 11.2. The fourth-order valence-electron chi connectivity index (χ4n) is 4.37. The predicted molar refractivity (Wildman–Crippen MR) is 128 cm³/mol. The van der Waals surface area contributed by atoms with Gasteiger partial charge in [-0.05, 0) is 80.6 Å². The van der Waals surface area contributed by atoms with Crippen molar-refractivity contribution in [3.8, 4) is 5.75 Å². The summed E-state index contributed by atoms with van der Waals surface area (Å²) < 4.78 is 6.07. The van der Waals surface area contributed by atoms with Crippen molar-refractivity contribution in [1.29, 1.82) is 0 Å². The predicted octanol–water partition coefficient (Wildman–Crippen LogP) is 3.41. The highest BCUT2D eigenvalue weighted by atomic mass is 16.5. The van der Waals surface area contributed by atoms with Gasteiger partial charge in [0, 0.05) is 18.7 Å². The Balaban J connectivity index is 0.000000331. The van der Waals surface area contributed by atoms with E-state index in [1.165, 1.54) is 39.1 Å². The molecular weight excluding hydrogens is 420 g/mol. The number of rotatable bonds is 4. The van der Waals surface area contributed by atoms with Crippen LogP contribution >= 0.6 is 0 Å². The molecule has 0 radical (unpaired) electrons. The topological polar surface area (TPSA) is 99.1 Å². The van der Waals surface area contributed by atoms with Crippen LogP contribution < -0.4 is 15.0 Å². The van der Waals surface area contributed by atoms with Crippen LogP contribution in [0.5, 0.6) is 5.75 Å². The maximum absolute atomic E-state index is 9.55. The third kappa shape index (κ3) is 6.35. The second kappa shape index (κ2) is 11.0. The Hall–Kier alpha value is -3.32. The summed E-state index contributed by atoms with van der Waals surface area (Å²) in [5.74, 6) is -1.44. The maximum Gasteiger partial charge on any atom is 0.328 e. The normalized spacial score (nSPS) is 14.9. The van der Waals surface area contributed by atoms with Crippen LogP contribution in [0.1, 0.15) is 33.4 Å². The molecule has 33 heavy (non-hydrogen) atoms. The van der Waals surface area contributed by atoms with Crippen LogP contribution in [0.3, 0.4) is 0 Å². The molecule has 0 bridgehead atoms. The number of aryl methyl sites for hydroxylation is 2. The van der Waals surface area contributed by atoms with Gasteiger partial charge in [0.1, 0.15) is 12.4 Å². The molecule has 0 unspecified atom stereocenters. The fourth-order valence-corrected chi connectivity index (χ4v) is 4.37. The van der Waals surface area contributed by atoms with Crippen molar-refractivity contribution < 1.29 is 24.5 Å². The Morgan fingerprint density at radius 3 is 2.45 bits per heavy atom. The molecule has 2 aromatic rings. The average Bonchev–Trinajstić information content (AvgIpc) is 3.01. The van der Waals surface area contributed by atoms with Gasteiger partial charge in [0.25, 0.3) is 0 Å². The van der Waals surface area contributed by atoms with Crippen molar-refractivity contribution >= 4 is 17.6 Å². The third-order valence-corrected chi connectivity index (χ3v) is 6.03. The van der Waals surface area contributed by atoms with Crippen molar-refractivity contribution in [2.45, 2.75) is 40.2 Å². The number of benzene rings is 2. The Kier molecular flexibility index (Phi) is 8.11. The number of anilines is 1. The van der Waals surface area contributed by atoms with E-state index < -0.39 is 11.9 Å². The van der Waals surface area contributed by atoms with Crippen LogP contribution in [0.2, 0.25) is 0 Å². The van der Waals surface area contributed by atoms with Gasteiger partial charge < -0.3 is 25.2 Å². The highest BCUT2D eigenvalue weighted by Gasteiger charge is 2.25. The zero-order valence-electron chi connectivity index (χ0n) is 19.5. The Bertz CT molecular complexity index is 1050. The van der Waals surface area contributed by atoms with E-state index in [1.54, 1.807) is 0 Å². The van der Waals surface area contributed by atoms with Crippen molar-refractivity contribution in [3.63, 3.8) is 0 Å². The molecule has 2 aromatic carbocycles. The van der Waals surface area contributed by atoms with Crippen molar-refractivity contribution in [3.05, 3.63) is 69.8 Å². The molecule has 0 spiro atoms. The smallest absolute Gasteiger partial charge is 0.328 e. The van der Waals surface area contributed by atoms with E-state index in [9.17, 15) is 9.59 Å². The minimum atomic E-state index is -1.26. The quantitative estimate of drug-likeness (QED) is 0.612. The van der Waals surface area contributed by atoms with Gasteiger partial charge in [0.15, 0.2) is 0 Å². The molecule has 4 rings (SSSR count). The van der Waals surface area contributed by atoms with Gasteiger partial charge in [-0.1, -0.05) is 23.8 Å². The lowest BCUT2D eigenvalue weighted by Gasteiger charge is -2.34. The number of nitrogens with zero attached hydrogens (tertiary/aromatic N) is 1. The van der Waals surface area contributed by atoms with Gasteiger partial charge in [-0.15, -0.1) is 0 Å². The highest BCUT2D eigenvalue weighted by Crippen LogP contribution is 2.40. The molecule has 7 heteroatoms. The summed E-state index contributed by atoms with van der Waals surface area (Å²) in [4.78, 5) is 21.6. The number of nitrogens with one attached hydrogen (secondary N) is 1. The molecule has 3 N–H and O–H groups in total. The number of hydrogen-bond acceptors (Lipinski definition) is 5. The molecule has 7 nitrogen and oxygen atoms in total. The monoisotopic (exact) mass is 452 g/mol. The summed E-state index contributed by atoms with van der Waals surface area (Å²) in [6, 6.07) is 9.07. The lowest BCUT2D eigenvalue weighted by molar-refractivity contribution is -0.134. The lowest BCUT2D eigenvalue weighted by Crippen LogP contribution is -2.33. The van der Waals surface area contributed by atoms with E-state index in [1.807, 2.05) is 0 Å². The number of carbonyl (C=O) groups is 2.